The Morgan fingerprint density at radius 2 is 2.40 bits per heavy atom. The van der Waals surface area contributed by atoms with Gasteiger partial charge in [0.2, 0.25) is 5.91 Å². The zero-order chi connectivity index (χ0) is 10.5. The van der Waals surface area contributed by atoms with Crippen molar-refractivity contribution in [2.45, 2.75) is 25.3 Å². The molecule has 0 unspecified atom stereocenters. The summed E-state index contributed by atoms with van der Waals surface area (Å²) in [5, 5.41) is 8.16. The van der Waals surface area contributed by atoms with Gasteiger partial charge in [-0.2, -0.15) is 0 Å². The lowest BCUT2D eigenvalue weighted by Gasteiger charge is -2.04. The average molecular weight is 224 g/mol. The van der Waals surface area contributed by atoms with Crippen LogP contribution in [0.1, 0.15) is 17.7 Å². The van der Waals surface area contributed by atoms with Crippen LogP contribution in [0.4, 0.5) is 0 Å². The highest BCUT2D eigenvalue weighted by Gasteiger charge is 2.20. The van der Waals surface area contributed by atoms with Gasteiger partial charge in [0.25, 0.3) is 0 Å². The number of nitrogens with one attached hydrogen (secondary N) is 2. The zero-order valence-corrected chi connectivity index (χ0v) is 9.48. The van der Waals surface area contributed by atoms with Crippen LogP contribution in [0.3, 0.4) is 0 Å². The van der Waals surface area contributed by atoms with E-state index in [2.05, 4.69) is 22.1 Å². The molecule has 1 aromatic heterocycles. The van der Waals surface area contributed by atoms with Crippen molar-refractivity contribution in [3.63, 3.8) is 0 Å². The Balaban J connectivity index is 1.54. The second kappa shape index (κ2) is 5.28. The molecule has 1 amide bonds. The second-order valence-corrected chi connectivity index (χ2v) is 4.87. The first-order chi connectivity index (χ1) is 7.34. The van der Waals surface area contributed by atoms with Crippen molar-refractivity contribution in [3.05, 3.63) is 22.4 Å². The van der Waals surface area contributed by atoms with E-state index in [0.29, 0.717) is 12.6 Å². The third-order valence-corrected chi connectivity index (χ3v) is 3.34. The van der Waals surface area contributed by atoms with Crippen LogP contribution in [-0.2, 0) is 11.2 Å². The predicted molar refractivity (Wildman–Crippen MR) is 62.1 cm³/mol. The van der Waals surface area contributed by atoms with E-state index in [0.717, 1.165) is 13.0 Å². The SMILES string of the molecule is O=C(CNC1CC1)NCCc1cccs1. The molecule has 1 aromatic rings. The fourth-order valence-corrected chi connectivity index (χ4v) is 2.08. The van der Waals surface area contributed by atoms with E-state index in [4.69, 9.17) is 0 Å². The van der Waals surface area contributed by atoms with Crippen molar-refractivity contribution in [2.24, 2.45) is 0 Å². The Bertz CT molecular complexity index is 306. The molecule has 1 saturated carbocycles. The van der Waals surface area contributed by atoms with Crippen molar-refractivity contribution in [2.75, 3.05) is 13.1 Å². The summed E-state index contributed by atoms with van der Waals surface area (Å²) >= 11 is 1.74. The maximum absolute atomic E-state index is 11.3. The third kappa shape index (κ3) is 4.01. The minimum atomic E-state index is 0.110. The molecule has 2 N–H and O–H groups in total. The molecular weight excluding hydrogens is 208 g/mol. The summed E-state index contributed by atoms with van der Waals surface area (Å²) in [7, 11) is 0. The number of amides is 1. The van der Waals surface area contributed by atoms with E-state index in [-0.39, 0.29) is 5.91 Å². The van der Waals surface area contributed by atoms with Crippen LogP contribution in [0.15, 0.2) is 17.5 Å². The molecule has 1 fully saturated rings. The number of hydrogen-bond acceptors (Lipinski definition) is 3. The van der Waals surface area contributed by atoms with Crippen molar-refractivity contribution >= 4 is 17.2 Å². The summed E-state index contributed by atoms with van der Waals surface area (Å²) < 4.78 is 0. The summed E-state index contributed by atoms with van der Waals surface area (Å²) in [6.45, 7) is 1.21. The summed E-state index contributed by atoms with van der Waals surface area (Å²) in [5.74, 6) is 0.110. The highest BCUT2D eigenvalue weighted by Crippen LogP contribution is 2.17. The molecule has 1 aliphatic rings. The van der Waals surface area contributed by atoms with Crippen LogP contribution < -0.4 is 10.6 Å². The molecule has 0 bridgehead atoms. The van der Waals surface area contributed by atoms with Gasteiger partial charge in [-0.1, -0.05) is 6.07 Å². The molecular formula is C11H16N2OS. The van der Waals surface area contributed by atoms with Crippen LogP contribution in [0.5, 0.6) is 0 Å². The van der Waals surface area contributed by atoms with Gasteiger partial charge in [0.1, 0.15) is 0 Å². The quantitative estimate of drug-likeness (QED) is 0.761. The van der Waals surface area contributed by atoms with Gasteiger partial charge in [-0.05, 0) is 30.7 Å². The number of thiophene rings is 1. The predicted octanol–water partition coefficient (Wildman–Crippen LogP) is 1.16. The van der Waals surface area contributed by atoms with E-state index in [1.54, 1.807) is 11.3 Å². The van der Waals surface area contributed by atoms with Gasteiger partial charge in [-0.15, -0.1) is 11.3 Å². The van der Waals surface area contributed by atoms with Gasteiger partial charge in [0, 0.05) is 17.5 Å². The van der Waals surface area contributed by atoms with Crippen LogP contribution in [-0.4, -0.2) is 25.0 Å². The number of carbonyl (C=O) groups excluding carboxylic acids is 1. The number of carbonyl (C=O) groups is 1. The van der Waals surface area contributed by atoms with Gasteiger partial charge in [0.05, 0.1) is 6.54 Å². The Labute approximate surface area is 93.9 Å². The summed E-state index contributed by atoms with van der Waals surface area (Å²) in [5.41, 5.74) is 0. The highest BCUT2D eigenvalue weighted by molar-refractivity contribution is 7.09. The summed E-state index contributed by atoms with van der Waals surface area (Å²) in [6.07, 6.45) is 3.39. The molecule has 0 aliphatic heterocycles. The topological polar surface area (TPSA) is 41.1 Å². The first-order valence-corrected chi connectivity index (χ1v) is 6.25. The molecule has 0 atom stereocenters. The van der Waals surface area contributed by atoms with Gasteiger partial charge < -0.3 is 10.6 Å². The molecule has 0 spiro atoms. The molecule has 0 saturated heterocycles. The molecule has 0 aromatic carbocycles. The van der Waals surface area contributed by atoms with E-state index in [1.807, 2.05) is 6.07 Å². The van der Waals surface area contributed by atoms with Crippen molar-refractivity contribution in [3.8, 4) is 0 Å². The Morgan fingerprint density at radius 1 is 1.53 bits per heavy atom. The Morgan fingerprint density at radius 3 is 3.07 bits per heavy atom. The smallest absolute Gasteiger partial charge is 0.233 e. The number of hydrogen-bond donors (Lipinski definition) is 2. The standard InChI is InChI=1S/C11H16N2OS/c14-11(8-13-9-3-4-9)12-6-5-10-2-1-7-15-10/h1-2,7,9,13H,3-6,8H2,(H,12,14). The normalized spacial score (nSPS) is 15.2. The first-order valence-electron chi connectivity index (χ1n) is 5.37. The van der Waals surface area contributed by atoms with E-state index in [1.165, 1.54) is 17.7 Å². The van der Waals surface area contributed by atoms with Crippen LogP contribution in [0, 0.1) is 0 Å². The molecule has 2 rings (SSSR count). The molecule has 15 heavy (non-hydrogen) atoms. The molecule has 4 heteroatoms. The Kier molecular flexibility index (Phi) is 3.75. The fourth-order valence-electron chi connectivity index (χ4n) is 1.37. The lowest BCUT2D eigenvalue weighted by molar-refractivity contribution is -0.120. The lowest BCUT2D eigenvalue weighted by Crippen LogP contribution is -2.35. The van der Waals surface area contributed by atoms with Gasteiger partial charge >= 0.3 is 0 Å². The Hall–Kier alpha value is -0.870. The minimum Gasteiger partial charge on any atom is -0.355 e. The van der Waals surface area contributed by atoms with E-state index >= 15 is 0 Å². The van der Waals surface area contributed by atoms with Crippen LogP contribution in [0.2, 0.25) is 0 Å². The maximum Gasteiger partial charge on any atom is 0.233 e. The van der Waals surface area contributed by atoms with Gasteiger partial charge in [-0.3, -0.25) is 4.79 Å². The zero-order valence-electron chi connectivity index (χ0n) is 8.66. The molecule has 1 heterocycles. The minimum absolute atomic E-state index is 0.110. The monoisotopic (exact) mass is 224 g/mol. The van der Waals surface area contributed by atoms with Crippen molar-refractivity contribution in [1.82, 2.24) is 10.6 Å². The van der Waals surface area contributed by atoms with Crippen molar-refractivity contribution in [1.29, 1.82) is 0 Å². The first kappa shape index (κ1) is 10.6. The van der Waals surface area contributed by atoms with E-state index in [9.17, 15) is 4.79 Å². The molecule has 3 nitrogen and oxygen atoms in total. The lowest BCUT2D eigenvalue weighted by atomic mass is 10.3. The van der Waals surface area contributed by atoms with Gasteiger partial charge in [-0.25, -0.2) is 0 Å². The average Bonchev–Trinajstić information content (AvgIpc) is 2.92. The van der Waals surface area contributed by atoms with Crippen LogP contribution >= 0.6 is 11.3 Å². The fraction of sp³-hybridized carbons (Fsp3) is 0.545. The van der Waals surface area contributed by atoms with Crippen molar-refractivity contribution < 1.29 is 4.79 Å². The summed E-state index contributed by atoms with van der Waals surface area (Å²) in [6, 6.07) is 4.74. The molecule has 0 radical (unpaired) electrons. The number of rotatable bonds is 6. The highest BCUT2D eigenvalue weighted by atomic mass is 32.1. The second-order valence-electron chi connectivity index (χ2n) is 3.83. The van der Waals surface area contributed by atoms with Crippen LogP contribution in [0.25, 0.3) is 0 Å². The molecule has 82 valence electrons. The molecule has 1 aliphatic carbocycles. The third-order valence-electron chi connectivity index (χ3n) is 2.40. The summed E-state index contributed by atoms with van der Waals surface area (Å²) in [4.78, 5) is 12.7. The van der Waals surface area contributed by atoms with Gasteiger partial charge in [0.15, 0.2) is 0 Å². The van der Waals surface area contributed by atoms with E-state index < -0.39 is 0 Å². The largest absolute Gasteiger partial charge is 0.355 e. The maximum atomic E-state index is 11.3.